The molecule has 0 saturated carbocycles. The first-order valence-electron chi connectivity index (χ1n) is 5.72. The third kappa shape index (κ3) is 3.05. The summed E-state index contributed by atoms with van der Waals surface area (Å²) in [6.45, 7) is 1.76. The van der Waals surface area contributed by atoms with Crippen molar-refractivity contribution < 1.29 is 9.90 Å². The van der Waals surface area contributed by atoms with Gasteiger partial charge in [-0.05, 0) is 19.3 Å². The van der Waals surface area contributed by atoms with Crippen LogP contribution in [-0.4, -0.2) is 34.1 Å². The Bertz CT molecular complexity index is 463. The molecular weight excluding hydrogens is 222 g/mol. The Kier molecular flexibility index (Phi) is 3.41. The van der Waals surface area contributed by atoms with Gasteiger partial charge in [0.25, 0.3) is 0 Å². The van der Waals surface area contributed by atoms with Gasteiger partial charge in [-0.1, -0.05) is 0 Å². The van der Waals surface area contributed by atoms with E-state index < -0.39 is 11.7 Å². The largest absolute Gasteiger partial charge is 0.481 e. The Labute approximate surface area is 98.3 Å². The van der Waals surface area contributed by atoms with E-state index in [2.05, 4.69) is 9.97 Å². The van der Waals surface area contributed by atoms with Crippen molar-refractivity contribution in [2.75, 3.05) is 18.0 Å². The quantitative estimate of drug-likeness (QED) is 0.794. The number of nitrogens with one attached hydrogen (secondary N) is 1. The Morgan fingerprint density at radius 3 is 2.76 bits per heavy atom. The second-order valence-electron chi connectivity index (χ2n) is 4.19. The Hall–Kier alpha value is -1.85. The number of carboxylic acid groups (broad SMARTS) is 1. The Morgan fingerprint density at radius 1 is 1.41 bits per heavy atom. The van der Waals surface area contributed by atoms with Gasteiger partial charge in [-0.3, -0.25) is 4.79 Å². The van der Waals surface area contributed by atoms with Gasteiger partial charge >= 0.3 is 11.7 Å². The molecule has 0 bridgehead atoms. The predicted octanol–water partition coefficient (Wildman–Crippen LogP) is 0.387. The SMILES string of the molecule is O=C(O)Cc1cc(N2CCCCC2)nc(=O)[nH]1. The molecule has 1 aromatic heterocycles. The molecule has 2 N–H and O–H groups in total. The third-order valence-electron chi connectivity index (χ3n) is 2.81. The van der Waals surface area contributed by atoms with Gasteiger partial charge in [-0.2, -0.15) is 4.98 Å². The fourth-order valence-corrected chi connectivity index (χ4v) is 2.04. The lowest BCUT2D eigenvalue weighted by Crippen LogP contribution is -2.32. The molecule has 6 heteroatoms. The topological polar surface area (TPSA) is 86.3 Å². The summed E-state index contributed by atoms with van der Waals surface area (Å²) in [5, 5.41) is 8.70. The van der Waals surface area contributed by atoms with E-state index in [0.717, 1.165) is 25.9 Å². The van der Waals surface area contributed by atoms with Crippen LogP contribution in [0.2, 0.25) is 0 Å². The normalized spacial score (nSPS) is 15.9. The summed E-state index contributed by atoms with van der Waals surface area (Å²) in [4.78, 5) is 30.3. The molecule has 1 fully saturated rings. The van der Waals surface area contributed by atoms with Gasteiger partial charge in [0.15, 0.2) is 0 Å². The third-order valence-corrected chi connectivity index (χ3v) is 2.81. The van der Waals surface area contributed by atoms with E-state index >= 15 is 0 Å². The number of aromatic amines is 1. The van der Waals surface area contributed by atoms with Crippen LogP contribution in [0.4, 0.5) is 5.82 Å². The molecule has 17 heavy (non-hydrogen) atoms. The molecule has 0 atom stereocenters. The van der Waals surface area contributed by atoms with Crippen LogP contribution in [0, 0.1) is 0 Å². The van der Waals surface area contributed by atoms with E-state index in [1.54, 1.807) is 6.07 Å². The summed E-state index contributed by atoms with van der Waals surface area (Å²) in [7, 11) is 0. The Balaban J connectivity index is 2.24. The van der Waals surface area contributed by atoms with Crippen LogP contribution >= 0.6 is 0 Å². The molecule has 1 aliphatic heterocycles. The zero-order chi connectivity index (χ0) is 12.3. The molecule has 1 saturated heterocycles. The lowest BCUT2D eigenvalue weighted by atomic mass is 10.1. The fourth-order valence-electron chi connectivity index (χ4n) is 2.04. The Morgan fingerprint density at radius 2 is 2.12 bits per heavy atom. The minimum Gasteiger partial charge on any atom is -0.481 e. The molecule has 92 valence electrons. The standard InChI is InChI=1S/C11H15N3O3/c15-10(16)7-8-6-9(13-11(17)12-8)14-4-2-1-3-5-14/h6H,1-5,7H2,(H,15,16)(H,12,13,17). The highest BCUT2D eigenvalue weighted by molar-refractivity contribution is 5.69. The minimum atomic E-state index is -0.962. The maximum Gasteiger partial charge on any atom is 0.347 e. The number of anilines is 1. The second kappa shape index (κ2) is 4.99. The van der Waals surface area contributed by atoms with Crippen molar-refractivity contribution in [2.24, 2.45) is 0 Å². The van der Waals surface area contributed by atoms with E-state index in [4.69, 9.17) is 5.11 Å². The lowest BCUT2D eigenvalue weighted by molar-refractivity contribution is -0.136. The first-order chi connectivity index (χ1) is 8.15. The van der Waals surface area contributed by atoms with Crippen molar-refractivity contribution in [3.63, 3.8) is 0 Å². The van der Waals surface area contributed by atoms with Gasteiger partial charge in [0, 0.05) is 24.8 Å². The van der Waals surface area contributed by atoms with Gasteiger partial charge < -0.3 is 15.0 Å². The van der Waals surface area contributed by atoms with Crippen LogP contribution in [0.25, 0.3) is 0 Å². The first kappa shape index (κ1) is 11.6. The molecule has 0 aromatic carbocycles. The van der Waals surface area contributed by atoms with Crippen molar-refractivity contribution in [1.29, 1.82) is 0 Å². The summed E-state index contributed by atoms with van der Waals surface area (Å²) in [6.07, 6.45) is 3.19. The van der Waals surface area contributed by atoms with Crippen LogP contribution in [-0.2, 0) is 11.2 Å². The summed E-state index contributed by atoms with van der Waals surface area (Å²) in [5.41, 5.74) is -0.0811. The predicted molar refractivity (Wildman–Crippen MR) is 62.3 cm³/mol. The number of nitrogens with zero attached hydrogens (tertiary/aromatic N) is 2. The van der Waals surface area contributed by atoms with E-state index in [0.29, 0.717) is 11.5 Å². The maximum atomic E-state index is 11.3. The molecule has 0 spiro atoms. The molecule has 2 rings (SSSR count). The summed E-state index contributed by atoms with van der Waals surface area (Å²) >= 11 is 0. The van der Waals surface area contributed by atoms with E-state index in [-0.39, 0.29) is 6.42 Å². The molecule has 0 unspecified atom stereocenters. The van der Waals surface area contributed by atoms with E-state index in [9.17, 15) is 9.59 Å². The zero-order valence-electron chi connectivity index (χ0n) is 9.48. The van der Waals surface area contributed by atoms with Crippen LogP contribution in [0.3, 0.4) is 0 Å². The number of piperidine rings is 1. The molecule has 0 amide bonds. The molecular formula is C11H15N3O3. The maximum absolute atomic E-state index is 11.3. The number of rotatable bonds is 3. The van der Waals surface area contributed by atoms with Crippen molar-refractivity contribution >= 4 is 11.8 Å². The van der Waals surface area contributed by atoms with Crippen molar-refractivity contribution in [1.82, 2.24) is 9.97 Å². The van der Waals surface area contributed by atoms with Crippen LogP contribution in [0.1, 0.15) is 25.0 Å². The van der Waals surface area contributed by atoms with Gasteiger partial charge in [-0.25, -0.2) is 4.79 Å². The monoisotopic (exact) mass is 237 g/mol. The second-order valence-corrected chi connectivity index (χ2v) is 4.19. The van der Waals surface area contributed by atoms with E-state index in [1.165, 1.54) is 6.42 Å². The van der Waals surface area contributed by atoms with Crippen LogP contribution in [0.15, 0.2) is 10.9 Å². The number of carboxylic acids is 1. The molecule has 1 aliphatic rings. The molecule has 6 nitrogen and oxygen atoms in total. The smallest absolute Gasteiger partial charge is 0.347 e. The van der Waals surface area contributed by atoms with Gasteiger partial charge in [0.2, 0.25) is 0 Å². The van der Waals surface area contributed by atoms with Crippen molar-refractivity contribution in [3.8, 4) is 0 Å². The molecule has 2 heterocycles. The molecule has 0 radical (unpaired) electrons. The lowest BCUT2D eigenvalue weighted by Gasteiger charge is -2.27. The highest BCUT2D eigenvalue weighted by atomic mass is 16.4. The first-order valence-corrected chi connectivity index (χ1v) is 5.72. The van der Waals surface area contributed by atoms with Crippen molar-refractivity contribution in [2.45, 2.75) is 25.7 Å². The number of aromatic nitrogens is 2. The zero-order valence-corrected chi connectivity index (χ0v) is 9.48. The number of hydrogen-bond donors (Lipinski definition) is 2. The van der Waals surface area contributed by atoms with Crippen LogP contribution < -0.4 is 10.6 Å². The molecule has 1 aromatic rings. The van der Waals surface area contributed by atoms with Crippen LogP contribution in [0.5, 0.6) is 0 Å². The summed E-state index contributed by atoms with van der Waals surface area (Å²) < 4.78 is 0. The fraction of sp³-hybridized carbons (Fsp3) is 0.545. The summed E-state index contributed by atoms with van der Waals surface area (Å²) in [6, 6.07) is 1.65. The number of hydrogen-bond acceptors (Lipinski definition) is 4. The van der Waals surface area contributed by atoms with E-state index in [1.807, 2.05) is 4.90 Å². The van der Waals surface area contributed by atoms with Gasteiger partial charge in [-0.15, -0.1) is 0 Å². The highest BCUT2D eigenvalue weighted by Gasteiger charge is 2.14. The van der Waals surface area contributed by atoms with Gasteiger partial charge in [0.05, 0.1) is 6.42 Å². The number of aliphatic carboxylic acids is 1. The average molecular weight is 237 g/mol. The highest BCUT2D eigenvalue weighted by Crippen LogP contribution is 2.16. The summed E-state index contributed by atoms with van der Waals surface area (Å²) in [5.74, 6) is -0.374. The van der Waals surface area contributed by atoms with Crippen molar-refractivity contribution in [3.05, 3.63) is 22.2 Å². The number of carbonyl (C=O) groups is 1. The minimum absolute atomic E-state index is 0.182. The molecule has 0 aliphatic carbocycles. The average Bonchev–Trinajstić information content (AvgIpc) is 2.28. The number of H-pyrrole nitrogens is 1. The van der Waals surface area contributed by atoms with Gasteiger partial charge in [0.1, 0.15) is 5.82 Å².